The molecule has 0 spiro atoms. The Morgan fingerprint density at radius 1 is 1.23 bits per heavy atom. The maximum absolute atomic E-state index is 13.7. The van der Waals surface area contributed by atoms with Crippen LogP contribution in [0.25, 0.3) is 0 Å². The molecule has 0 bridgehead atoms. The third kappa shape index (κ3) is 5.93. The molecular weight excluding hydrogens is 451 g/mol. The van der Waals surface area contributed by atoms with Crippen molar-refractivity contribution < 1.29 is 8.78 Å². The van der Waals surface area contributed by atoms with Gasteiger partial charge in [-0.2, -0.15) is 5.10 Å². The second-order valence-corrected chi connectivity index (χ2v) is 5.88. The molecule has 2 N–H and O–H groups in total. The lowest BCUT2D eigenvalue weighted by Crippen LogP contribution is -2.38. The van der Waals surface area contributed by atoms with E-state index in [0.29, 0.717) is 19.0 Å². The van der Waals surface area contributed by atoms with E-state index >= 15 is 0 Å². The van der Waals surface area contributed by atoms with Crippen LogP contribution in [0.3, 0.4) is 0 Å². The molecule has 0 unspecified atom stereocenters. The molecule has 0 saturated carbocycles. The van der Waals surface area contributed by atoms with Crippen molar-refractivity contribution in [1.82, 2.24) is 20.4 Å². The molecular formula is C18H26F2IN5. The topological polar surface area (TPSA) is 54.2 Å². The fraction of sp³-hybridized carbons (Fsp3) is 0.444. The standard InChI is InChI=1S/C18H25F2N5.HI/c1-5-21-18(23-11-14-10-15(19)6-7-17(14)20)22-9-8-16-12(2)24-25(4)13(16)3;/h6-7,10H,5,8-9,11H2,1-4H3,(H2,21,22,23);1H. The number of aryl methyl sites for hydroxylation is 2. The molecule has 0 amide bonds. The molecule has 8 heteroatoms. The fourth-order valence-electron chi connectivity index (χ4n) is 2.66. The van der Waals surface area contributed by atoms with Crippen molar-refractivity contribution in [2.24, 2.45) is 12.0 Å². The SMILES string of the molecule is CCNC(=NCc1cc(F)ccc1F)NCCc1c(C)nn(C)c1C.I. The first-order chi connectivity index (χ1) is 11.9. The van der Waals surface area contributed by atoms with Gasteiger partial charge in [0.1, 0.15) is 11.6 Å². The van der Waals surface area contributed by atoms with Crippen LogP contribution in [0.2, 0.25) is 0 Å². The van der Waals surface area contributed by atoms with Gasteiger partial charge in [0.05, 0.1) is 12.2 Å². The Balaban J connectivity index is 0.00000338. The lowest BCUT2D eigenvalue weighted by atomic mass is 10.1. The molecule has 2 rings (SSSR count). The van der Waals surface area contributed by atoms with Crippen LogP contribution in [0.5, 0.6) is 0 Å². The zero-order valence-corrected chi connectivity index (χ0v) is 17.9. The van der Waals surface area contributed by atoms with Crippen molar-refractivity contribution >= 4 is 29.9 Å². The second kappa shape index (κ2) is 10.4. The van der Waals surface area contributed by atoms with E-state index in [9.17, 15) is 8.78 Å². The Hall–Kier alpha value is -1.71. The molecule has 0 radical (unpaired) electrons. The minimum atomic E-state index is -0.466. The molecule has 5 nitrogen and oxygen atoms in total. The first-order valence-corrected chi connectivity index (χ1v) is 8.37. The first kappa shape index (κ1) is 22.3. The Labute approximate surface area is 170 Å². The van der Waals surface area contributed by atoms with E-state index in [-0.39, 0.29) is 36.1 Å². The normalized spacial score (nSPS) is 11.2. The summed E-state index contributed by atoms with van der Waals surface area (Å²) in [7, 11) is 1.93. The molecule has 0 fully saturated rings. The Bertz CT molecular complexity index is 758. The van der Waals surface area contributed by atoms with Gasteiger partial charge in [-0.15, -0.1) is 24.0 Å². The Morgan fingerprint density at radius 3 is 2.58 bits per heavy atom. The minimum Gasteiger partial charge on any atom is -0.357 e. The van der Waals surface area contributed by atoms with Crippen LogP contribution in [0.4, 0.5) is 8.78 Å². The van der Waals surface area contributed by atoms with Gasteiger partial charge in [0.15, 0.2) is 5.96 Å². The lowest BCUT2D eigenvalue weighted by molar-refractivity contribution is 0.585. The van der Waals surface area contributed by atoms with E-state index in [1.165, 1.54) is 11.6 Å². The molecule has 2 aromatic rings. The van der Waals surface area contributed by atoms with Crippen LogP contribution >= 0.6 is 24.0 Å². The van der Waals surface area contributed by atoms with Crippen molar-refractivity contribution in [1.29, 1.82) is 0 Å². The zero-order chi connectivity index (χ0) is 18.4. The van der Waals surface area contributed by atoms with Gasteiger partial charge < -0.3 is 10.6 Å². The molecule has 1 heterocycles. The number of aliphatic imine (C=N–C) groups is 1. The summed E-state index contributed by atoms with van der Waals surface area (Å²) in [6.45, 7) is 7.42. The average Bonchev–Trinajstić information content (AvgIpc) is 2.81. The number of guanidine groups is 1. The maximum atomic E-state index is 13.7. The van der Waals surface area contributed by atoms with Gasteiger partial charge in [0.2, 0.25) is 0 Å². The van der Waals surface area contributed by atoms with Gasteiger partial charge >= 0.3 is 0 Å². The molecule has 0 saturated heterocycles. The Morgan fingerprint density at radius 2 is 1.96 bits per heavy atom. The summed E-state index contributed by atoms with van der Waals surface area (Å²) in [5.41, 5.74) is 3.60. The third-order valence-electron chi connectivity index (χ3n) is 4.09. The summed E-state index contributed by atoms with van der Waals surface area (Å²) in [6, 6.07) is 3.39. The van der Waals surface area contributed by atoms with Gasteiger partial charge in [-0.1, -0.05) is 0 Å². The summed E-state index contributed by atoms with van der Waals surface area (Å²) in [5.74, 6) is -0.347. The number of halogens is 3. The quantitative estimate of drug-likeness (QED) is 0.382. The zero-order valence-electron chi connectivity index (χ0n) is 15.6. The smallest absolute Gasteiger partial charge is 0.191 e. The maximum Gasteiger partial charge on any atom is 0.191 e. The number of aromatic nitrogens is 2. The summed E-state index contributed by atoms with van der Waals surface area (Å²) in [6.07, 6.45) is 0.810. The van der Waals surface area contributed by atoms with Crippen LogP contribution < -0.4 is 10.6 Å². The summed E-state index contributed by atoms with van der Waals surface area (Å²) < 4.78 is 28.8. The molecule has 0 aliphatic carbocycles. The number of hydrogen-bond donors (Lipinski definition) is 2. The van der Waals surface area contributed by atoms with Crippen LogP contribution in [0.15, 0.2) is 23.2 Å². The van der Waals surface area contributed by atoms with E-state index in [2.05, 4.69) is 20.7 Å². The van der Waals surface area contributed by atoms with E-state index in [0.717, 1.165) is 29.9 Å². The number of benzene rings is 1. The monoisotopic (exact) mass is 477 g/mol. The van der Waals surface area contributed by atoms with E-state index in [1.54, 1.807) is 0 Å². The number of nitrogens with one attached hydrogen (secondary N) is 2. The Kier molecular flexibility index (Phi) is 8.97. The highest BCUT2D eigenvalue weighted by Gasteiger charge is 2.09. The first-order valence-electron chi connectivity index (χ1n) is 8.37. The fourth-order valence-corrected chi connectivity index (χ4v) is 2.66. The van der Waals surface area contributed by atoms with E-state index in [1.807, 2.05) is 32.5 Å². The van der Waals surface area contributed by atoms with Gasteiger partial charge in [0.25, 0.3) is 0 Å². The van der Waals surface area contributed by atoms with Crippen LogP contribution in [-0.4, -0.2) is 28.8 Å². The predicted molar refractivity (Wildman–Crippen MR) is 111 cm³/mol. The van der Waals surface area contributed by atoms with Gasteiger partial charge in [-0.05, 0) is 51.0 Å². The molecule has 0 aliphatic heterocycles. The molecule has 1 aromatic heterocycles. The van der Waals surface area contributed by atoms with Crippen molar-refractivity contribution in [3.8, 4) is 0 Å². The lowest BCUT2D eigenvalue weighted by Gasteiger charge is -2.11. The van der Waals surface area contributed by atoms with Crippen molar-refractivity contribution in [3.05, 3.63) is 52.3 Å². The average molecular weight is 477 g/mol. The third-order valence-corrected chi connectivity index (χ3v) is 4.09. The van der Waals surface area contributed by atoms with Crippen LogP contribution in [0, 0.1) is 25.5 Å². The molecule has 26 heavy (non-hydrogen) atoms. The van der Waals surface area contributed by atoms with Gasteiger partial charge in [0, 0.05) is 31.4 Å². The summed E-state index contributed by atoms with van der Waals surface area (Å²) in [5, 5.41) is 10.7. The highest BCUT2D eigenvalue weighted by Crippen LogP contribution is 2.12. The minimum absolute atomic E-state index is 0. The van der Waals surface area contributed by atoms with Crippen LogP contribution in [-0.2, 0) is 20.0 Å². The predicted octanol–water partition coefficient (Wildman–Crippen LogP) is 3.23. The molecule has 0 aliphatic rings. The highest BCUT2D eigenvalue weighted by molar-refractivity contribution is 14.0. The van der Waals surface area contributed by atoms with Crippen LogP contribution in [0.1, 0.15) is 29.4 Å². The number of nitrogens with zero attached hydrogens (tertiary/aromatic N) is 3. The van der Waals surface area contributed by atoms with Crippen molar-refractivity contribution in [2.75, 3.05) is 13.1 Å². The van der Waals surface area contributed by atoms with Gasteiger partial charge in [-0.3, -0.25) is 4.68 Å². The summed E-state index contributed by atoms with van der Waals surface area (Å²) in [4.78, 5) is 4.33. The highest BCUT2D eigenvalue weighted by atomic mass is 127. The molecule has 144 valence electrons. The largest absolute Gasteiger partial charge is 0.357 e. The number of hydrogen-bond acceptors (Lipinski definition) is 2. The van der Waals surface area contributed by atoms with E-state index < -0.39 is 11.6 Å². The van der Waals surface area contributed by atoms with Gasteiger partial charge in [-0.25, -0.2) is 13.8 Å². The second-order valence-electron chi connectivity index (χ2n) is 5.88. The van der Waals surface area contributed by atoms with E-state index in [4.69, 9.17) is 0 Å². The van der Waals surface area contributed by atoms with Crippen molar-refractivity contribution in [3.63, 3.8) is 0 Å². The summed E-state index contributed by atoms with van der Waals surface area (Å²) >= 11 is 0. The number of rotatable bonds is 6. The molecule has 0 atom stereocenters. The van der Waals surface area contributed by atoms with Crippen molar-refractivity contribution in [2.45, 2.75) is 33.7 Å². The molecule has 1 aromatic carbocycles.